The summed E-state index contributed by atoms with van der Waals surface area (Å²) in [6, 6.07) is 0. The largest absolute Gasteiger partial charge is 0.390 e. The molecule has 1 unspecified atom stereocenters. The van der Waals surface area contributed by atoms with Gasteiger partial charge in [0, 0.05) is 13.6 Å². The Morgan fingerprint density at radius 1 is 1.64 bits per heavy atom. The summed E-state index contributed by atoms with van der Waals surface area (Å²) in [4.78, 5) is 13.0. The van der Waals surface area contributed by atoms with E-state index >= 15 is 0 Å². The van der Waals surface area contributed by atoms with Gasteiger partial charge in [0.1, 0.15) is 0 Å². The Morgan fingerprint density at radius 2 is 2.18 bits per heavy atom. The maximum atomic E-state index is 11.3. The van der Waals surface area contributed by atoms with Crippen LogP contribution in [0, 0.1) is 5.92 Å². The van der Waals surface area contributed by atoms with E-state index in [0.717, 1.165) is 13.0 Å². The summed E-state index contributed by atoms with van der Waals surface area (Å²) in [7, 11) is 1.77. The fourth-order valence-corrected chi connectivity index (χ4v) is 1.48. The maximum Gasteiger partial charge on any atom is 0.228 e. The summed E-state index contributed by atoms with van der Waals surface area (Å²) in [6.45, 7) is 4.15. The van der Waals surface area contributed by atoms with Crippen molar-refractivity contribution in [2.45, 2.75) is 25.9 Å². The van der Waals surface area contributed by atoms with Gasteiger partial charge in [0.05, 0.1) is 11.5 Å². The van der Waals surface area contributed by atoms with E-state index in [0.29, 0.717) is 0 Å². The highest BCUT2D eigenvalue weighted by Crippen LogP contribution is 2.27. The first kappa shape index (κ1) is 8.53. The van der Waals surface area contributed by atoms with Crippen LogP contribution < -0.4 is 0 Å². The fraction of sp³-hybridized carbons (Fsp3) is 0.875. The standard InChI is InChI=1S/C8H15NO2/c1-8(2,11)6-4-5-9(3)7(6)10/h6,11H,4-5H2,1-3H3. The average Bonchev–Trinajstić information content (AvgIpc) is 2.11. The summed E-state index contributed by atoms with van der Waals surface area (Å²) in [6.07, 6.45) is 0.777. The van der Waals surface area contributed by atoms with E-state index in [9.17, 15) is 9.90 Å². The molecule has 1 saturated heterocycles. The van der Waals surface area contributed by atoms with Gasteiger partial charge in [0.25, 0.3) is 0 Å². The number of amides is 1. The van der Waals surface area contributed by atoms with Crippen LogP contribution in [-0.4, -0.2) is 35.1 Å². The third-order valence-electron chi connectivity index (χ3n) is 2.28. The Labute approximate surface area is 67.0 Å². The van der Waals surface area contributed by atoms with Crippen LogP contribution in [0.5, 0.6) is 0 Å². The van der Waals surface area contributed by atoms with Crippen molar-refractivity contribution >= 4 is 5.91 Å². The maximum absolute atomic E-state index is 11.3. The van der Waals surface area contributed by atoms with E-state index in [4.69, 9.17) is 0 Å². The number of rotatable bonds is 1. The average molecular weight is 157 g/mol. The van der Waals surface area contributed by atoms with Gasteiger partial charge >= 0.3 is 0 Å². The van der Waals surface area contributed by atoms with E-state index in [1.165, 1.54) is 0 Å². The van der Waals surface area contributed by atoms with Crippen LogP contribution in [0.3, 0.4) is 0 Å². The van der Waals surface area contributed by atoms with Gasteiger partial charge < -0.3 is 10.0 Å². The molecule has 0 bridgehead atoms. The summed E-state index contributed by atoms with van der Waals surface area (Å²) < 4.78 is 0. The first-order valence-electron chi connectivity index (χ1n) is 3.90. The summed E-state index contributed by atoms with van der Waals surface area (Å²) in [5.74, 6) is -0.134. The van der Waals surface area contributed by atoms with Gasteiger partial charge in [0.2, 0.25) is 5.91 Å². The van der Waals surface area contributed by atoms with Gasteiger partial charge in [-0.3, -0.25) is 4.79 Å². The second kappa shape index (κ2) is 2.48. The zero-order valence-corrected chi connectivity index (χ0v) is 7.29. The van der Waals surface area contributed by atoms with Crippen molar-refractivity contribution in [3.63, 3.8) is 0 Å². The van der Waals surface area contributed by atoms with Crippen LogP contribution >= 0.6 is 0 Å². The molecule has 1 aliphatic rings. The van der Waals surface area contributed by atoms with Gasteiger partial charge in [-0.25, -0.2) is 0 Å². The molecular formula is C8H15NO2. The molecule has 11 heavy (non-hydrogen) atoms. The molecule has 0 aliphatic carbocycles. The summed E-state index contributed by atoms with van der Waals surface area (Å²) >= 11 is 0. The lowest BCUT2D eigenvalue weighted by Gasteiger charge is -2.23. The lowest BCUT2D eigenvalue weighted by atomic mass is 9.90. The zero-order valence-electron chi connectivity index (χ0n) is 7.29. The van der Waals surface area contributed by atoms with Crippen LogP contribution in [0.1, 0.15) is 20.3 Å². The molecule has 1 heterocycles. The molecule has 0 spiro atoms. The van der Waals surface area contributed by atoms with Gasteiger partial charge in [-0.2, -0.15) is 0 Å². The minimum atomic E-state index is -0.859. The monoisotopic (exact) mass is 157 g/mol. The van der Waals surface area contributed by atoms with Gasteiger partial charge in [0.15, 0.2) is 0 Å². The Bertz CT molecular complexity index is 171. The number of carbonyl (C=O) groups excluding carboxylic acids is 1. The molecular weight excluding hydrogens is 142 g/mol. The van der Waals surface area contributed by atoms with E-state index in [1.807, 2.05) is 0 Å². The molecule has 0 saturated carbocycles. The normalized spacial score (nSPS) is 26.4. The molecule has 1 amide bonds. The molecule has 1 aliphatic heterocycles. The molecule has 1 fully saturated rings. The minimum absolute atomic E-state index is 0.0671. The SMILES string of the molecule is CN1CCC(C(C)(C)O)C1=O. The van der Waals surface area contributed by atoms with Crippen LogP contribution in [0.25, 0.3) is 0 Å². The van der Waals surface area contributed by atoms with Crippen LogP contribution in [0.2, 0.25) is 0 Å². The minimum Gasteiger partial charge on any atom is -0.390 e. The number of nitrogens with zero attached hydrogens (tertiary/aromatic N) is 1. The van der Waals surface area contributed by atoms with Crippen molar-refractivity contribution in [3.8, 4) is 0 Å². The highest BCUT2D eigenvalue weighted by Gasteiger charge is 2.39. The summed E-state index contributed by atoms with van der Waals surface area (Å²) in [5, 5.41) is 9.56. The molecule has 3 heteroatoms. The third kappa shape index (κ3) is 1.53. The van der Waals surface area contributed by atoms with Crippen LogP contribution in [0.15, 0.2) is 0 Å². The first-order chi connectivity index (χ1) is 4.93. The molecule has 1 rings (SSSR count). The van der Waals surface area contributed by atoms with Gasteiger partial charge in [-0.05, 0) is 20.3 Å². The molecule has 1 N–H and O–H groups in total. The third-order valence-corrected chi connectivity index (χ3v) is 2.28. The van der Waals surface area contributed by atoms with E-state index in [2.05, 4.69) is 0 Å². The van der Waals surface area contributed by atoms with Crippen LogP contribution in [-0.2, 0) is 4.79 Å². The zero-order chi connectivity index (χ0) is 8.65. The van der Waals surface area contributed by atoms with Crippen molar-refractivity contribution in [3.05, 3.63) is 0 Å². The topological polar surface area (TPSA) is 40.5 Å². The van der Waals surface area contributed by atoms with Gasteiger partial charge in [-0.15, -0.1) is 0 Å². The Kier molecular flexibility index (Phi) is 1.92. The number of aliphatic hydroxyl groups is 1. The van der Waals surface area contributed by atoms with E-state index < -0.39 is 5.60 Å². The lowest BCUT2D eigenvalue weighted by molar-refractivity contribution is -0.135. The molecule has 0 aromatic carbocycles. The molecule has 0 aromatic rings. The Hall–Kier alpha value is -0.570. The number of likely N-dealkylation sites (tertiary alicyclic amines) is 1. The quantitative estimate of drug-likeness (QED) is 0.592. The van der Waals surface area contributed by atoms with E-state index in [1.54, 1.807) is 25.8 Å². The predicted molar refractivity (Wildman–Crippen MR) is 42.0 cm³/mol. The highest BCUT2D eigenvalue weighted by molar-refractivity contribution is 5.81. The van der Waals surface area contributed by atoms with Crippen molar-refractivity contribution in [1.29, 1.82) is 0 Å². The second-order valence-electron chi connectivity index (χ2n) is 3.75. The number of hydrogen-bond donors (Lipinski definition) is 1. The molecule has 0 aromatic heterocycles. The highest BCUT2D eigenvalue weighted by atomic mass is 16.3. The molecule has 0 radical (unpaired) electrons. The summed E-state index contributed by atoms with van der Waals surface area (Å²) in [5.41, 5.74) is -0.859. The number of hydrogen-bond acceptors (Lipinski definition) is 2. The Balaban J connectivity index is 2.70. The predicted octanol–water partition coefficient (Wildman–Crippen LogP) is 0.236. The van der Waals surface area contributed by atoms with E-state index in [-0.39, 0.29) is 11.8 Å². The second-order valence-corrected chi connectivity index (χ2v) is 3.75. The molecule has 3 nitrogen and oxygen atoms in total. The smallest absolute Gasteiger partial charge is 0.228 e. The van der Waals surface area contributed by atoms with Crippen molar-refractivity contribution in [1.82, 2.24) is 4.90 Å². The van der Waals surface area contributed by atoms with Crippen molar-refractivity contribution in [2.75, 3.05) is 13.6 Å². The van der Waals surface area contributed by atoms with Crippen molar-refractivity contribution < 1.29 is 9.90 Å². The van der Waals surface area contributed by atoms with Crippen molar-refractivity contribution in [2.24, 2.45) is 5.92 Å². The Morgan fingerprint density at radius 3 is 2.36 bits per heavy atom. The molecule has 1 atom stereocenters. The lowest BCUT2D eigenvalue weighted by Crippen LogP contribution is -2.36. The van der Waals surface area contributed by atoms with Crippen LogP contribution in [0.4, 0.5) is 0 Å². The number of carbonyl (C=O) groups is 1. The van der Waals surface area contributed by atoms with Gasteiger partial charge in [-0.1, -0.05) is 0 Å². The fourth-order valence-electron chi connectivity index (χ4n) is 1.48. The molecule has 64 valence electrons. The first-order valence-corrected chi connectivity index (χ1v) is 3.90.